The molecule has 0 spiro atoms. The van der Waals surface area contributed by atoms with Crippen molar-refractivity contribution in [3.63, 3.8) is 0 Å². The van der Waals surface area contributed by atoms with Crippen molar-refractivity contribution in [1.29, 1.82) is 5.26 Å². The Bertz CT molecular complexity index is 1180. The van der Waals surface area contributed by atoms with Gasteiger partial charge in [0.2, 0.25) is 0 Å². The standard InChI is InChI=1S/C28H33NO3Si2/c1-7-27(34(5,6)32-33(2,3)4)23-14-16-24(17-15-23)28(30)31-26-19-21(20-29)13-18-25(26)22-11-9-8-10-12-22/h8-19,27H,7H2,1-6H3. The second kappa shape index (κ2) is 10.5. The van der Waals surface area contributed by atoms with Crippen LogP contribution in [0.25, 0.3) is 11.1 Å². The molecule has 0 radical (unpaired) electrons. The highest BCUT2D eigenvalue weighted by atomic mass is 28.4. The Balaban J connectivity index is 1.85. The maximum atomic E-state index is 13.0. The topological polar surface area (TPSA) is 59.3 Å². The largest absolute Gasteiger partial charge is 0.455 e. The molecule has 34 heavy (non-hydrogen) atoms. The van der Waals surface area contributed by atoms with Crippen molar-refractivity contribution >= 4 is 22.6 Å². The minimum Gasteiger partial charge on any atom is -0.455 e. The number of nitriles is 1. The zero-order chi connectivity index (χ0) is 24.9. The molecule has 0 aliphatic carbocycles. The first-order valence-electron chi connectivity index (χ1n) is 11.7. The first-order chi connectivity index (χ1) is 16.0. The lowest BCUT2D eigenvalue weighted by atomic mass is 10.0. The monoisotopic (exact) mass is 487 g/mol. The molecule has 176 valence electrons. The van der Waals surface area contributed by atoms with E-state index in [1.54, 1.807) is 12.1 Å². The molecule has 1 atom stereocenters. The third-order valence-electron chi connectivity index (χ3n) is 5.76. The molecule has 0 saturated carbocycles. The second-order valence-corrected chi connectivity index (χ2v) is 18.9. The number of esters is 1. The molecule has 1 unspecified atom stereocenters. The van der Waals surface area contributed by atoms with Gasteiger partial charge in [0.25, 0.3) is 0 Å². The predicted molar refractivity (Wildman–Crippen MR) is 143 cm³/mol. The van der Waals surface area contributed by atoms with Gasteiger partial charge in [-0.2, -0.15) is 5.26 Å². The quantitative estimate of drug-likeness (QED) is 0.187. The zero-order valence-electron chi connectivity index (χ0n) is 20.9. The van der Waals surface area contributed by atoms with Gasteiger partial charge in [-0.25, -0.2) is 4.79 Å². The van der Waals surface area contributed by atoms with Crippen LogP contribution in [-0.4, -0.2) is 22.6 Å². The number of benzene rings is 3. The molecule has 0 fully saturated rings. The lowest BCUT2D eigenvalue weighted by Gasteiger charge is -2.37. The van der Waals surface area contributed by atoms with Gasteiger partial charge in [-0.15, -0.1) is 0 Å². The number of carbonyl (C=O) groups is 1. The van der Waals surface area contributed by atoms with E-state index in [9.17, 15) is 10.1 Å². The van der Waals surface area contributed by atoms with Crippen LogP contribution in [0.1, 0.15) is 40.4 Å². The van der Waals surface area contributed by atoms with E-state index in [0.29, 0.717) is 22.4 Å². The number of hydrogen-bond donors (Lipinski definition) is 0. The van der Waals surface area contributed by atoms with Crippen molar-refractivity contribution in [2.45, 2.75) is 51.6 Å². The summed E-state index contributed by atoms with van der Waals surface area (Å²) in [6.45, 7) is 13.5. The summed E-state index contributed by atoms with van der Waals surface area (Å²) in [7, 11) is -3.61. The van der Waals surface area contributed by atoms with Crippen molar-refractivity contribution in [2.75, 3.05) is 0 Å². The molecule has 3 aromatic carbocycles. The Labute approximate surface area is 205 Å². The van der Waals surface area contributed by atoms with Gasteiger partial charge in [0.1, 0.15) is 5.75 Å². The summed E-state index contributed by atoms with van der Waals surface area (Å²) in [6.07, 6.45) is 0.995. The summed E-state index contributed by atoms with van der Waals surface area (Å²) in [4.78, 5) is 13.0. The average Bonchev–Trinajstić information content (AvgIpc) is 2.78. The van der Waals surface area contributed by atoms with Crippen LogP contribution < -0.4 is 4.74 Å². The van der Waals surface area contributed by atoms with Gasteiger partial charge in [0, 0.05) is 11.1 Å². The predicted octanol–water partition coefficient (Wildman–Crippen LogP) is 7.53. The SMILES string of the molecule is CCC(c1ccc(C(=O)Oc2cc(C#N)ccc2-c2ccccc2)cc1)[Si](C)(C)O[Si](C)(C)C. The first kappa shape index (κ1) is 25.6. The highest BCUT2D eigenvalue weighted by molar-refractivity contribution is 6.84. The number of hydrogen-bond acceptors (Lipinski definition) is 4. The van der Waals surface area contributed by atoms with Crippen LogP contribution >= 0.6 is 0 Å². The molecule has 0 heterocycles. The second-order valence-electron chi connectivity index (χ2n) is 9.98. The minimum atomic E-state index is -1.96. The van der Waals surface area contributed by atoms with Crippen molar-refractivity contribution in [3.05, 3.63) is 89.5 Å². The van der Waals surface area contributed by atoms with Crippen LogP contribution in [0.3, 0.4) is 0 Å². The van der Waals surface area contributed by atoms with Gasteiger partial charge >= 0.3 is 5.97 Å². The molecular formula is C28H33NO3Si2. The van der Waals surface area contributed by atoms with E-state index in [1.165, 1.54) is 5.56 Å². The summed E-state index contributed by atoms with van der Waals surface area (Å²) in [5.74, 6) is -0.0652. The lowest BCUT2D eigenvalue weighted by Crippen LogP contribution is -2.47. The smallest absolute Gasteiger partial charge is 0.343 e. The Hall–Kier alpha value is -2.99. The fourth-order valence-corrected chi connectivity index (χ4v) is 13.4. The Morgan fingerprint density at radius 1 is 0.941 bits per heavy atom. The van der Waals surface area contributed by atoms with Gasteiger partial charge in [-0.1, -0.05) is 49.4 Å². The maximum Gasteiger partial charge on any atom is 0.343 e. The molecule has 0 amide bonds. The Morgan fingerprint density at radius 2 is 1.59 bits per heavy atom. The molecule has 6 heteroatoms. The van der Waals surface area contributed by atoms with Gasteiger partial charge < -0.3 is 8.85 Å². The summed E-state index contributed by atoms with van der Waals surface area (Å²) in [5, 5.41) is 9.32. The van der Waals surface area contributed by atoms with Crippen LogP contribution in [-0.2, 0) is 4.12 Å². The summed E-state index contributed by atoms with van der Waals surface area (Å²) < 4.78 is 12.4. The first-order valence-corrected chi connectivity index (χ1v) is 18.1. The number of rotatable bonds is 8. The minimum absolute atomic E-state index is 0.348. The number of nitrogens with zero attached hydrogens (tertiary/aromatic N) is 1. The van der Waals surface area contributed by atoms with Crippen LogP contribution in [0.15, 0.2) is 72.8 Å². The summed E-state index contributed by atoms with van der Waals surface area (Å²) >= 11 is 0. The van der Waals surface area contributed by atoms with E-state index >= 15 is 0 Å². The lowest BCUT2D eigenvalue weighted by molar-refractivity contribution is 0.0735. The van der Waals surface area contributed by atoms with E-state index in [4.69, 9.17) is 8.85 Å². The van der Waals surface area contributed by atoms with Crippen LogP contribution in [0.4, 0.5) is 0 Å². The van der Waals surface area contributed by atoms with Crippen LogP contribution in [0, 0.1) is 11.3 Å². The maximum absolute atomic E-state index is 13.0. The van der Waals surface area contributed by atoms with Gasteiger partial charge in [0.15, 0.2) is 16.6 Å². The van der Waals surface area contributed by atoms with E-state index in [2.05, 4.69) is 45.7 Å². The zero-order valence-corrected chi connectivity index (χ0v) is 22.9. The fraction of sp³-hybridized carbons (Fsp3) is 0.286. The van der Waals surface area contributed by atoms with Crippen molar-refractivity contribution in [1.82, 2.24) is 0 Å². The molecule has 3 rings (SSSR count). The van der Waals surface area contributed by atoms with Crippen LogP contribution in [0.5, 0.6) is 5.75 Å². The van der Waals surface area contributed by atoms with Gasteiger partial charge in [0.05, 0.1) is 17.2 Å². The fourth-order valence-electron chi connectivity index (χ4n) is 4.53. The number of ether oxygens (including phenoxy) is 1. The van der Waals surface area contributed by atoms with Crippen LogP contribution in [0.2, 0.25) is 32.7 Å². The number of carbonyl (C=O) groups excluding carboxylic acids is 1. The highest BCUT2D eigenvalue weighted by Crippen LogP contribution is 2.34. The molecule has 3 aromatic rings. The third-order valence-corrected chi connectivity index (χ3v) is 12.7. The summed E-state index contributed by atoms with van der Waals surface area (Å²) in [6, 6.07) is 24.7. The highest BCUT2D eigenvalue weighted by Gasteiger charge is 2.37. The molecule has 0 bridgehead atoms. The van der Waals surface area contributed by atoms with E-state index in [1.807, 2.05) is 60.7 Å². The van der Waals surface area contributed by atoms with Crippen molar-refractivity contribution in [3.8, 4) is 22.9 Å². The molecule has 0 aliphatic heterocycles. The Morgan fingerprint density at radius 3 is 2.15 bits per heavy atom. The van der Waals surface area contributed by atoms with Gasteiger partial charge in [-0.05, 0) is 80.6 Å². The van der Waals surface area contributed by atoms with E-state index in [0.717, 1.165) is 17.5 Å². The molecule has 4 nitrogen and oxygen atoms in total. The van der Waals surface area contributed by atoms with E-state index < -0.39 is 22.6 Å². The third kappa shape index (κ3) is 6.32. The molecule has 0 aromatic heterocycles. The van der Waals surface area contributed by atoms with E-state index in [-0.39, 0.29) is 0 Å². The molecule has 0 saturated heterocycles. The average molecular weight is 488 g/mol. The molecular weight excluding hydrogens is 454 g/mol. The summed E-state index contributed by atoms with van der Waals surface area (Å²) in [5.41, 5.74) is 4.16. The Kier molecular flexibility index (Phi) is 7.93. The van der Waals surface area contributed by atoms with Gasteiger partial charge in [-0.3, -0.25) is 0 Å². The van der Waals surface area contributed by atoms with Crippen molar-refractivity contribution in [2.24, 2.45) is 0 Å². The molecule has 0 N–H and O–H groups in total. The van der Waals surface area contributed by atoms with Crippen molar-refractivity contribution < 1.29 is 13.6 Å². The normalized spacial score (nSPS) is 12.6. The molecule has 0 aliphatic rings.